The maximum absolute atomic E-state index is 13.3. The van der Waals surface area contributed by atoms with Gasteiger partial charge >= 0.3 is 5.69 Å². The number of benzene rings is 3. The predicted molar refractivity (Wildman–Crippen MR) is 283 cm³/mol. The van der Waals surface area contributed by atoms with Gasteiger partial charge in [0, 0.05) is 55.3 Å². The van der Waals surface area contributed by atoms with Gasteiger partial charge in [-0.2, -0.15) is 5.26 Å². The molecule has 5 atom stereocenters. The summed E-state index contributed by atoms with van der Waals surface area (Å²) in [5, 5.41) is 15.0. The second kappa shape index (κ2) is 30.6. The van der Waals surface area contributed by atoms with Crippen molar-refractivity contribution in [3.63, 3.8) is 0 Å². The average molecular weight is 1040 g/mol. The minimum absolute atomic E-state index is 0.00977. The van der Waals surface area contributed by atoms with Crippen LogP contribution in [0.1, 0.15) is 102 Å². The minimum atomic E-state index is -1.72. The maximum atomic E-state index is 13.3. The van der Waals surface area contributed by atoms with Crippen molar-refractivity contribution in [3.05, 3.63) is 140 Å². The molecule has 0 aliphatic carbocycles. The van der Waals surface area contributed by atoms with E-state index in [2.05, 4.69) is 60.6 Å². The van der Waals surface area contributed by atoms with E-state index in [9.17, 15) is 24.4 Å². The highest BCUT2D eigenvalue weighted by molar-refractivity contribution is 7.44. The number of methoxy groups -OCH3 is 1. The zero-order valence-corrected chi connectivity index (χ0v) is 44.9. The molecule has 0 radical (unpaired) electrons. The minimum Gasteiger partial charge on any atom is -0.497 e. The number of aryl methyl sites for hydroxylation is 1. The zero-order chi connectivity index (χ0) is 53.5. The fraction of sp³-hybridized carbons (Fsp3) is 0.509. The number of hydrogen-bond acceptors (Lipinski definition) is 14. The third-order valence-corrected chi connectivity index (χ3v) is 14.3. The summed E-state index contributed by atoms with van der Waals surface area (Å²) < 4.78 is 53.7. The van der Waals surface area contributed by atoms with Gasteiger partial charge < -0.3 is 48.1 Å². The number of H-pyrrole nitrogens is 1. The number of unbranched alkanes of at least 4 members (excludes halogenated alkanes) is 2. The van der Waals surface area contributed by atoms with Crippen LogP contribution in [-0.2, 0) is 43.2 Å². The van der Waals surface area contributed by atoms with Crippen molar-refractivity contribution in [2.24, 2.45) is 0 Å². The number of aromatic amines is 1. The number of aromatic nitrogens is 2. The Morgan fingerprint density at radius 3 is 2.09 bits per heavy atom. The molecule has 1 aliphatic heterocycles. The zero-order valence-electron chi connectivity index (χ0n) is 44.0. The number of nitrogens with one attached hydrogen (secondary N) is 3. The molecule has 402 valence electrons. The van der Waals surface area contributed by atoms with Crippen LogP contribution in [0.3, 0.4) is 0 Å². The van der Waals surface area contributed by atoms with Crippen LogP contribution >= 0.6 is 8.53 Å². The molecule has 3 aromatic carbocycles. The topological polar surface area (TPSA) is 214 Å². The highest BCUT2D eigenvalue weighted by atomic mass is 31.2. The fourth-order valence-electron chi connectivity index (χ4n) is 8.40. The Balaban J connectivity index is 1.28. The summed E-state index contributed by atoms with van der Waals surface area (Å²) in [6.07, 6.45) is 2.38. The molecule has 1 aromatic heterocycles. The van der Waals surface area contributed by atoms with E-state index < -0.39 is 43.8 Å². The van der Waals surface area contributed by atoms with E-state index in [0.717, 1.165) is 29.5 Å². The molecular weight excluding hydrogens is 968 g/mol. The van der Waals surface area contributed by atoms with Crippen molar-refractivity contribution >= 4 is 20.3 Å². The highest BCUT2D eigenvalue weighted by Gasteiger charge is 2.45. The van der Waals surface area contributed by atoms with E-state index in [1.807, 2.05) is 78.9 Å². The Labute approximate surface area is 436 Å². The van der Waals surface area contributed by atoms with Crippen molar-refractivity contribution in [3.8, 4) is 17.6 Å². The molecule has 1 saturated heterocycles. The van der Waals surface area contributed by atoms with E-state index in [4.69, 9.17) is 37.5 Å². The molecule has 0 spiro atoms. The maximum Gasteiger partial charge on any atom is 0.330 e. The molecule has 4 aromatic rings. The van der Waals surface area contributed by atoms with Gasteiger partial charge in [0.1, 0.15) is 29.4 Å². The molecule has 2 amide bonds. The van der Waals surface area contributed by atoms with Crippen LogP contribution < -0.4 is 31.4 Å². The van der Waals surface area contributed by atoms with Crippen LogP contribution in [0.15, 0.2) is 107 Å². The molecule has 0 bridgehead atoms. The first-order valence-corrected chi connectivity index (χ1v) is 26.5. The van der Waals surface area contributed by atoms with Gasteiger partial charge in [0.15, 0.2) is 0 Å². The number of amides is 2. The summed E-state index contributed by atoms with van der Waals surface area (Å²) in [6.45, 7) is 18.1. The van der Waals surface area contributed by atoms with Crippen molar-refractivity contribution in [1.82, 2.24) is 24.9 Å². The number of carbonyl (C=O) groups excluding carboxylic acids is 2. The van der Waals surface area contributed by atoms with Gasteiger partial charge in [-0.05, 0) is 102 Å². The smallest absolute Gasteiger partial charge is 0.330 e. The van der Waals surface area contributed by atoms with Gasteiger partial charge in [-0.1, -0.05) is 61.2 Å². The molecule has 2 heterocycles. The van der Waals surface area contributed by atoms with Gasteiger partial charge in [-0.15, -0.1) is 0 Å². The van der Waals surface area contributed by atoms with Crippen molar-refractivity contribution in [2.75, 3.05) is 66.4 Å². The van der Waals surface area contributed by atoms with Crippen LogP contribution in [0, 0.1) is 18.3 Å². The summed E-state index contributed by atoms with van der Waals surface area (Å²) in [5.74, 6) is 1.11. The second-order valence-electron chi connectivity index (χ2n) is 18.4. The highest BCUT2D eigenvalue weighted by Crippen LogP contribution is 2.50. The molecule has 74 heavy (non-hydrogen) atoms. The molecule has 19 heteroatoms. The summed E-state index contributed by atoms with van der Waals surface area (Å²) in [6, 6.07) is 27.7. The lowest BCUT2D eigenvalue weighted by Gasteiger charge is -2.39. The molecular formula is C55H75N6O12P. The third-order valence-electron chi connectivity index (χ3n) is 12.1. The Morgan fingerprint density at radius 1 is 0.865 bits per heavy atom. The van der Waals surface area contributed by atoms with E-state index in [1.165, 1.54) is 10.8 Å². The number of ether oxygens (including phenoxy) is 6. The Bertz CT molecular complexity index is 2510. The summed E-state index contributed by atoms with van der Waals surface area (Å²) in [5.41, 5.74) is 0.962. The Kier molecular flexibility index (Phi) is 24.4. The summed E-state index contributed by atoms with van der Waals surface area (Å²) in [4.78, 5) is 52.1. The van der Waals surface area contributed by atoms with Crippen LogP contribution in [0.4, 0.5) is 0 Å². The van der Waals surface area contributed by atoms with E-state index in [-0.39, 0.29) is 50.0 Å². The predicted octanol–water partition coefficient (Wildman–Crippen LogP) is 7.59. The van der Waals surface area contributed by atoms with Gasteiger partial charge in [-0.25, -0.2) is 9.46 Å². The quantitative estimate of drug-likeness (QED) is 0.0182. The third kappa shape index (κ3) is 17.4. The van der Waals surface area contributed by atoms with Gasteiger partial charge in [0.2, 0.25) is 11.8 Å². The monoisotopic (exact) mass is 1040 g/mol. The molecule has 18 nitrogen and oxygen atoms in total. The molecule has 3 N–H and O–H groups in total. The average Bonchev–Trinajstić information content (AvgIpc) is 3.79. The van der Waals surface area contributed by atoms with Crippen LogP contribution in [0.25, 0.3) is 0 Å². The largest absolute Gasteiger partial charge is 0.497 e. The lowest BCUT2D eigenvalue weighted by atomic mass is 9.80. The van der Waals surface area contributed by atoms with Crippen molar-refractivity contribution < 1.29 is 47.1 Å². The van der Waals surface area contributed by atoms with Gasteiger partial charge in [-0.3, -0.25) is 23.9 Å². The molecule has 2 unspecified atom stereocenters. The van der Waals surface area contributed by atoms with Crippen molar-refractivity contribution in [2.45, 2.75) is 116 Å². The van der Waals surface area contributed by atoms with Gasteiger partial charge in [0.05, 0.1) is 72.0 Å². The molecule has 1 aliphatic rings. The number of nitrogens with zero attached hydrogens (tertiary/aromatic N) is 3. The summed E-state index contributed by atoms with van der Waals surface area (Å²) in [7, 11) is -0.103. The first kappa shape index (κ1) is 59.1. The Morgan fingerprint density at radius 2 is 1.49 bits per heavy atom. The van der Waals surface area contributed by atoms with E-state index in [0.29, 0.717) is 81.6 Å². The Hall–Kier alpha value is -5.74. The first-order chi connectivity index (χ1) is 35.7. The number of hydrogen-bond donors (Lipinski definition) is 3. The summed E-state index contributed by atoms with van der Waals surface area (Å²) >= 11 is 0. The molecule has 1 fully saturated rings. The van der Waals surface area contributed by atoms with Crippen LogP contribution in [0.5, 0.6) is 11.5 Å². The number of carbonyl (C=O) groups is 2. The first-order valence-electron chi connectivity index (χ1n) is 25.3. The number of rotatable bonds is 33. The van der Waals surface area contributed by atoms with Crippen LogP contribution in [0.2, 0.25) is 0 Å². The van der Waals surface area contributed by atoms with Crippen LogP contribution in [-0.4, -0.2) is 117 Å². The fourth-order valence-corrected chi connectivity index (χ4v) is 10.2. The lowest BCUT2D eigenvalue weighted by molar-refractivity contribution is -0.121. The SMILES string of the molecule is C=C(C)C(=O)NCCOCCOCCNC(=O)CCCCCOc1ccc(C(OC[C@H]2O[C@@H](n3cc(C)c(=O)[nH]c3=O)C[C@@H]2OP(OCCC#N)N(C(C)C)C(C)C)(c2ccccc2)c2ccc(OC)cc2)cc1. The lowest BCUT2D eigenvalue weighted by Crippen LogP contribution is -2.39. The normalized spacial score (nSPS) is 16.7. The van der Waals surface area contributed by atoms with Gasteiger partial charge in [0.25, 0.3) is 14.1 Å². The van der Waals surface area contributed by atoms with E-state index >= 15 is 0 Å². The molecule has 5 rings (SSSR count). The second-order valence-corrected chi connectivity index (χ2v) is 19.8. The van der Waals surface area contributed by atoms with E-state index in [1.54, 1.807) is 21.0 Å². The standard InChI is InChI=1S/C55H75N6O12P/c1-39(2)52(63)58-29-33-68-35-34-67-32-28-57-50(62)18-13-10-14-30-69-47-25-21-45(22-26-47)55(43-16-11-9-12-17-43,44-19-23-46(66-8)24-20-44)70-38-49-48(36-51(72-49)60-37-42(7)53(64)59-54(60)65)73-74(71-31-15-27-56)61(40(3)4)41(5)6/h9,11-12,16-17,19-26,37,40-41,48-49,51H,1,10,13-15,18,28-36,38H2,2-8H3,(H,57,62)(H,58,63)(H,59,64,65)/t48-,49+,51+,55?,74?/m0/s1. The molecule has 0 saturated carbocycles. The van der Waals surface area contributed by atoms with Crippen molar-refractivity contribution in [1.29, 1.82) is 5.26 Å². The number of nitriles is 1.